The third-order valence-corrected chi connectivity index (χ3v) is 14.6. The monoisotopic (exact) mass is 900 g/mol. The summed E-state index contributed by atoms with van der Waals surface area (Å²) >= 11 is 0. The Morgan fingerprint density at radius 1 is 1.02 bits per heavy atom. The van der Waals surface area contributed by atoms with Crippen molar-refractivity contribution in [3.63, 3.8) is 0 Å². The molecule has 0 amide bonds. The predicted molar refractivity (Wildman–Crippen MR) is 238 cm³/mol. The molecule has 352 valence electrons. The molecule has 2 bridgehead atoms. The number of aryl methyl sites for hydroxylation is 1. The molecule has 65 heavy (non-hydrogen) atoms. The molecule has 5 atom stereocenters. The number of nitrogens with zero attached hydrogens (tertiary/aromatic N) is 2. The molecule has 1 aliphatic carbocycles. The summed E-state index contributed by atoms with van der Waals surface area (Å²) in [6, 6.07) is 4.01. The highest BCUT2D eigenvalue weighted by Crippen LogP contribution is 2.58. The number of ketones is 1. The van der Waals surface area contributed by atoms with Crippen LogP contribution in [-0.2, 0) is 43.3 Å². The number of aliphatic hydroxyl groups excluding tert-OH is 4. The smallest absolute Gasteiger partial charge is 0.375 e. The molecule has 6 aliphatic rings. The van der Waals surface area contributed by atoms with Crippen LogP contribution in [0.4, 0.5) is 0 Å². The van der Waals surface area contributed by atoms with Crippen molar-refractivity contribution in [2.45, 2.75) is 102 Å². The van der Waals surface area contributed by atoms with E-state index in [1.54, 1.807) is 14.0 Å². The first-order valence-corrected chi connectivity index (χ1v) is 23.5. The predicted octanol–water partition coefficient (Wildman–Crippen LogP) is 2.39. The van der Waals surface area contributed by atoms with E-state index in [1.165, 1.54) is 0 Å². The van der Waals surface area contributed by atoms with Crippen molar-refractivity contribution < 1.29 is 63.6 Å². The fourth-order valence-electron chi connectivity index (χ4n) is 11.2. The lowest BCUT2D eigenvalue weighted by Gasteiger charge is -2.44. The molecule has 2 fully saturated rings. The Bertz CT molecular complexity index is 2330. The topological polar surface area (TPSA) is 214 Å². The highest BCUT2D eigenvalue weighted by atomic mass is 16.6. The van der Waals surface area contributed by atoms with Gasteiger partial charge in [-0.05, 0) is 119 Å². The maximum Gasteiger partial charge on any atom is 0.375 e. The number of hydrogen-bond acceptors (Lipinski definition) is 15. The number of ether oxygens (including phenoxy) is 5. The Morgan fingerprint density at radius 3 is 2.54 bits per heavy atom. The van der Waals surface area contributed by atoms with Crippen molar-refractivity contribution in [2.24, 2.45) is 22.7 Å². The molecule has 0 aromatic heterocycles. The van der Waals surface area contributed by atoms with Gasteiger partial charge in [-0.25, -0.2) is 4.79 Å². The molecule has 5 aliphatic heterocycles. The Kier molecular flexibility index (Phi) is 14.9. The maximum atomic E-state index is 14.5. The van der Waals surface area contributed by atoms with E-state index in [9.17, 15) is 39.9 Å². The van der Waals surface area contributed by atoms with Gasteiger partial charge in [-0.2, -0.15) is 0 Å². The number of hydrogen-bond donors (Lipinski definition) is 5. The van der Waals surface area contributed by atoms with Gasteiger partial charge in [0, 0.05) is 68.8 Å². The number of rotatable bonds is 16. The summed E-state index contributed by atoms with van der Waals surface area (Å²) in [7, 11) is 1.69. The Morgan fingerprint density at radius 2 is 1.83 bits per heavy atom. The summed E-state index contributed by atoms with van der Waals surface area (Å²) in [6.45, 7) is 3.93. The molecule has 2 aromatic rings. The number of allylic oxidation sites excluding steroid dienone is 3. The van der Waals surface area contributed by atoms with Crippen LogP contribution in [0.25, 0.3) is 11.6 Å². The number of likely N-dealkylation sites (tertiary alicyclic amines) is 1. The molecule has 5 N–H and O–H groups in total. The molecule has 1 saturated heterocycles. The minimum absolute atomic E-state index is 0.0186. The lowest BCUT2D eigenvalue weighted by molar-refractivity contribution is -0.141. The van der Waals surface area contributed by atoms with Crippen LogP contribution < -0.4 is 24.8 Å². The molecule has 1 saturated carbocycles. The van der Waals surface area contributed by atoms with E-state index >= 15 is 0 Å². The second-order valence-corrected chi connectivity index (χ2v) is 18.4. The number of piperidine rings is 1. The van der Waals surface area contributed by atoms with Crippen molar-refractivity contribution in [2.75, 3.05) is 72.9 Å². The third-order valence-electron chi connectivity index (χ3n) is 14.6. The van der Waals surface area contributed by atoms with Crippen LogP contribution in [0.1, 0.15) is 98.4 Å². The molecule has 8 rings (SSSR count). The highest BCUT2D eigenvalue weighted by molar-refractivity contribution is 6.11. The number of carbonyl (C=O) groups is 3. The summed E-state index contributed by atoms with van der Waals surface area (Å²) in [5, 5.41) is 57.7. The van der Waals surface area contributed by atoms with Crippen LogP contribution in [0.15, 0.2) is 34.0 Å². The standard InChI is InChI=1S/C50H64N2O13/c1-3-62-49(59)48-38(26-56)42-32-19-33(25-55)44(58)36(21-32)35-20-31-9-13-51-40(31)22-30(35)8-7-29(24-54)28-63-46-37-23-41(64-45(37)39(27-57)47(65-48)43(42)46)50(60,12-4-5-17-53)34-10-15-52(16-11-34)14-6-18-61-2/h9,20,22,26,29,33-34,36,41,53-55,57,60H,3-8,10-19,21,23-25,27-28H2,1-2H3. The SMILES string of the molecule is CCOC(=O)C1=C(C=O)C2=C3CC(CO)C(=O)C(C3)c3cc4c(cc3CCC(CO)COc3c5c(c(CO)c(c32)O1)OC(C(O)(CCCCO)C1CCN(CCCOC)CC1)C5)=NCC=4. The Hall–Kier alpha value is -4.48. The minimum Gasteiger partial charge on any atom is -0.492 e. The van der Waals surface area contributed by atoms with E-state index in [0.29, 0.717) is 81.1 Å². The first kappa shape index (κ1) is 47.0. The zero-order valence-corrected chi connectivity index (χ0v) is 37.6. The summed E-state index contributed by atoms with van der Waals surface area (Å²) < 4.78 is 31.0. The Balaban J connectivity index is 1.32. The van der Waals surface area contributed by atoms with Crippen LogP contribution in [0, 0.1) is 17.8 Å². The Labute approximate surface area is 379 Å². The summed E-state index contributed by atoms with van der Waals surface area (Å²) in [4.78, 5) is 49.0. The molecule has 15 heteroatoms. The zero-order chi connectivity index (χ0) is 45.8. The quantitative estimate of drug-likeness (QED) is 0.0931. The van der Waals surface area contributed by atoms with E-state index in [1.807, 2.05) is 18.2 Å². The van der Waals surface area contributed by atoms with Gasteiger partial charge in [0.25, 0.3) is 0 Å². The molecular weight excluding hydrogens is 837 g/mol. The van der Waals surface area contributed by atoms with Gasteiger partial charge in [0.15, 0.2) is 6.29 Å². The first-order valence-electron chi connectivity index (χ1n) is 23.5. The van der Waals surface area contributed by atoms with Gasteiger partial charge in [0.2, 0.25) is 5.76 Å². The van der Waals surface area contributed by atoms with Crippen LogP contribution in [-0.4, -0.2) is 133 Å². The number of Topliss-reactive ketones (excluding diaryl/α,β-unsaturated/α-hetero) is 1. The normalized spacial score (nSPS) is 24.0. The largest absolute Gasteiger partial charge is 0.492 e. The lowest BCUT2D eigenvalue weighted by atomic mass is 9.70. The van der Waals surface area contributed by atoms with Crippen LogP contribution in [0.5, 0.6) is 17.2 Å². The molecular formula is C50H64N2O13. The van der Waals surface area contributed by atoms with Gasteiger partial charge in [0.1, 0.15) is 34.7 Å². The number of methoxy groups -OCH3 is 1. The van der Waals surface area contributed by atoms with E-state index in [4.69, 9.17) is 23.7 Å². The number of fused-ring (bicyclic) bond motifs is 7. The summed E-state index contributed by atoms with van der Waals surface area (Å²) in [6.07, 6.45) is 6.77. The molecule has 0 radical (unpaired) electrons. The highest BCUT2D eigenvalue weighted by Gasteiger charge is 2.51. The van der Waals surface area contributed by atoms with Crippen molar-refractivity contribution in [3.8, 4) is 17.2 Å². The van der Waals surface area contributed by atoms with Crippen LogP contribution in [0.3, 0.4) is 0 Å². The van der Waals surface area contributed by atoms with Gasteiger partial charge in [-0.1, -0.05) is 11.6 Å². The fourth-order valence-corrected chi connectivity index (χ4v) is 11.2. The van der Waals surface area contributed by atoms with Crippen molar-refractivity contribution in [3.05, 3.63) is 67.4 Å². The van der Waals surface area contributed by atoms with E-state index < -0.39 is 54.4 Å². The number of aliphatic hydroxyl groups is 5. The minimum atomic E-state index is -1.37. The van der Waals surface area contributed by atoms with Gasteiger partial charge in [0.05, 0.1) is 55.0 Å². The molecule has 15 nitrogen and oxygen atoms in total. The zero-order valence-electron chi connectivity index (χ0n) is 37.6. The number of carbonyl (C=O) groups excluding carboxylic acids is 3. The summed E-state index contributed by atoms with van der Waals surface area (Å²) in [5.41, 5.74) is 2.11. The average molecular weight is 901 g/mol. The number of esters is 1. The van der Waals surface area contributed by atoms with Gasteiger partial charge < -0.3 is 54.1 Å². The number of aldehydes is 1. The first-order chi connectivity index (χ1) is 31.6. The second kappa shape index (κ2) is 20.6. The second-order valence-electron chi connectivity index (χ2n) is 18.4. The van der Waals surface area contributed by atoms with Crippen LogP contribution in [0.2, 0.25) is 0 Å². The average Bonchev–Trinajstić information content (AvgIpc) is 3.98. The van der Waals surface area contributed by atoms with Crippen LogP contribution >= 0.6 is 0 Å². The van der Waals surface area contributed by atoms with Crippen molar-refractivity contribution in [1.29, 1.82) is 0 Å². The number of unbranched alkanes of at least 4 members (excludes halogenated alkanes) is 1. The van der Waals surface area contributed by atoms with E-state index in [-0.39, 0.29) is 91.3 Å². The van der Waals surface area contributed by atoms with Gasteiger partial charge in [-0.15, -0.1) is 0 Å². The number of benzene rings is 2. The van der Waals surface area contributed by atoms with Gasteiger partial charge >= 0.3 is 5.97 Å². The lowest BCUT2D eigenvalue weighted by Crippen LogP contribution is -2.54. The fraction of sp³-hybridized carbons (Fsp3) is 0.600. The molecule has 5 heterocycles. The molecule has 2 aromatic carbocycles. The third kappa shape index (κ3) is 9.05. The summed E-state index contributed by atoms with van der Waals surface area (Å²) in [5.74, 6) is -3.07. The van der Waals surface area contributed by atoms with Gasteiger partial charge in [-0.3, -0.25) is 14.6 Å². The van der Waals surface area contributed by atoms with Crippen molar-refractivity contribution >= 4 is 29.7 Å². The maximum absolute atomic E-state index is 14.5. The van der Waals surface area contributed by atoms with Crippen molar-refractivity contribution in [1.82, 2.24) is 4.90 Å². The van der Waals surface area contributed by atoms with E-state index in [0.717, 1.165) is 47.8 Å². The molecule has 5 unspecified atom stereocenters. The molecule has 0 spiro atoms. The van der Waals surface area contributed by atoms with E-state index in [2.05, 4.69) is 9.89 Å².